The standard InChI is InChI=1S/C16H19NO2/c1-18-14-7-4-6-13(12-14)15-8-2-3-9-16(15)19-11-5-10-17/h2-4,6-9,12H,5,10-11,17H2,1H3. The summed E-state index contributed by atoms with van der Waals surface area (Å²) < 4.78 is 11.0. The SMILES string of the molecule is COc1cccc(-c2ccccc2OCCCN)c1. The van der Waals surface area contributed by atoms with E-state index in [4.69, 9.17) is 15.2 Å². The predicted molar refractivity (Wildman–Crippen MR) is 77.6 cm³/mol. The van der Waals surface area contributed by atoms with Crippen LogP contribution in [-0.2, 0) is 0 Å². The van der Waals surface area contributed by atoms with Gasteiger partial charge in [-0.2, -0.15) is 0 Å². The van der Waals surface area contributed by atoms with E-state index in [2.05, 4.69) is 0 Å². The average Bonchev–Trinajstić information content (AvgIpc) is 2.48. The Balaban J connectivity index is 2.27. The Labute approximate surface area is 114 Å². The van der Waals surface area contributed by atoms with Crippen molar-refractivity contribution in [2.75, 3.05) is 20.3 Å². The van der Waals surface area contributed by atoms with Gasteiger partial charge in [0.25, 0.3) is 0 Å². The number of rotatable bonds is 6. The second-order valence-corrected chi connectivity index (χ2v) is 4.22. The van der Waals surface area contributed by atoms with Gasteiger partial charge in [-0.3, -0.25) is 0 Å². The number of methoxy groups -OCH3 is 1. The normalized spacial score (nSPS) is 10.2. The molecule has 0 aliphatic carbocycles. The second kappa shape index (κ2) is 6.81. The maximum Gasteiger partial charge on any atom is 0.127 e. The number of hydrogen-bond donors (Lipinski definition) is 1. The summed E-state index contributed by atoms with van der Waals surface area (Å²) in [6.45, 7) is 1.28. The summed E-state index contributed by atoms with van der Waals surface area (Å²) in [5.41, 5.74) is 7.64. The van der Waals surface area contributed by atoms with Crippen LogP contribution >= 0.6 is 0 Å². The van der Waals surface area contributed by atoms with E-state index in [9.17, 15) is 0 Å². The van der Waals surface area contributed by atoms with Crippen molar-refractivity contribution in [2.24, 2.45) is 5.73 Å². The molecule has 3 heteroatoms. The molecular weight excluding hydrogens is 238 g/mol. The van der Waals surface area contributed by atoms with E-state index in [1.165, 1.54) is 0 Å². The summed E-state index contributed by atoms with van der Waals surface area (Å²) in [4.78, 5) is 0. The van der Waals surface area contributed by atoms with E-state index < -0.39 is 0 Å². The highest BCUT2D eigenvalue weighted by molar-refractivity contribution is 5.71. The number of ether oxygens (including phenoxy) is 2. The molecule has 0 atom stereocenters. The third kappa shape index (κ3) is 3.48. The van der Waals surface area contributed by atoms with Gasteiger partial charge in [0.15, 0.2) is 0 Å². The minimum Gasteiger partial charge on any atom is -0.497 e. The van der Waals surface area contributed by atoms with Gasteiger partial charge in [0.1, 0.15) is 11.5 Å². The molecule has 0 radical (unpaired) electrons. The van der Waals surface area contributed by atoms with Crippen LogP contribution in [0, 0.1) is 0 Å². The summed E-state index contributed by atoms with van der Waals surface area (Å²) >= 11 is 0. The van der Waals surface area contributed by atoms with E-state index in [1.54, 1.807) is 7.11 Å². The van der Waals surface area contributed by atoms with Gasteiger partial charge in [0, 0.05) is 5.56 Å². The Morgan fingerprint density at radius 2 is 1.89 bits per heavy atom. The highest BCUT2D eigenvalue weighted by Crippen LogP contribution is 2.31. The summed E-state index contributed by atoms with van der Waals surface area (Å²) in [6, 6.07) is 16.0. The topological polar surface area (TPSA) is 44.5 Å². The van der Waals surface area contributed by atoms with Gasteiger partial charge in [-0.25, -0.2) is 0 Å². The van der Waals surface area contributed by atoms with E-state index in [1.807, 2.05) is 48.5 Å². The van der Waals surface area contributed by atoms with Gasteiger partial charge >= 0.3 is 0 Å². The van der Waals surface area contributed by atoms with Gasteiger partial charge in [-0.15, -0.1) is 0 Å². The largest absolute Gasteiger partial charge is 0.497 e. The van der Waals surface area contributed by atoms with Crippen LogP contribution < -0.4 is 15.2 Å². The molecule has 0 bridgehead atoms. The number of nitrogens with two attached hydrogens (primary N) is 1. The lowest BCUT2D eigenvalue weighted by atomic mass is 10.0. The fraction of sp³-hybridized carbons (Fsp3) is 0.250. The molecule has 100 valence electrons. The van der Waals surface area contributed by atoms with Crippen molar-refractivity contribution in [3.8, 4) is 22.6 Å². The van der Waals surface area contributed by atoms with Crippen molar-refractivity contribution in [3.63, 3.8) is 0 Å². The second-order valence-electron chi connectivity index (χ2n) is 4.22. The van der Waals surface area contributed by atoms with Gasteiger partial charge in [-0.05, 0) is 36.7 Å². The maximum absolute atomic E-state index is 5.78. The molecule has 2 aromatic carbocycles. The van der Waals surface area contributed by atoms with Gasteiger partial charge < -0.3 is 15.2 Å². The molecule has 0 spiro atoms. The van der Waals surface area contributed by atoms with Gasteiger partial charge in [0.05, 0.1) is 13.7 Å². The fourth-order valence-corrected chi connectivity index (χ4v) is 1.89. The lowest BCUT2D eigenvalue weighted by Gasteiger charge is -2.12. The Bertz CT molecular complexity index is 526. The Morgan fingerprint density at radius 1 is 1.05 bits per heavy atom. The first-order valence-corrected chi connectivity index (χ1v) is 6.41. The first kappa shape index (κ1) is 13.4. The molecule has 3 nitrogen and oxygen atoms in total. The summed E-state index contributed by atoms with van der Waals surface area (Å²) in [5.74, 6) is 1.72. The van der Waals surface area contributed by atoms with Gasteiger partial charge in [-0.1, -0.05) is 30.3 Å². The summed E-state index contributed by atoms with van der Waals surface area (Å²) in [7, 11) is 1.67. The van der Waals surface area contributed by atoms with Crippen molar-refractivity contribution in [1.29, 1.82) is 0 Å². The van der Waals surface area contributed by atoms with Crippen LogP contribution in [0.3, 0.4) is 0 Å². The molecule has 2 rings (SSSR count). The molecular formula is C16H19NO2. The zero-order valence-corrected chi connectivity index (χ0v) is 11.1. The van der Waals surface area contributed by atoms with Crippen LogP contribution in [0.2, 0.25) is 0 Å². The first-order valence-electron chi connectivity index (χ1n) is 6.41. The van der Waals surface area contributed by atoms with Gasteiger partial charge in [0.2, 0.25) is 0 Å². The van der Waals surface area contributed by atoms with Crippen LogP contribution in [0.1, 0.15) is 6.42 Å². The lowest BCUT2D eigenvalue weighted by molar-refractivity contribution is 0.314. The lowest BCUT2D eigenvalue weighted by Crippen LogP contribution is -2.06. The highest BCUT2D eigenvalue weighted by Gasteiger charge is 2.06. The Morgan fingerprint density at radius 3 is 2.68 bits per heavy atom. The zero-order chi connectivity index (χ0) is 13.5. The smallest absolute Gasteiger partial charge is 0.127 e. The van der Waals surface area contributed by atoms with E-state index in [-0.39, 0.29) is 0 Å². The quantitative estimate of drug-likeness (QED) is 0.809. The van der Waals surface area contributed by atoms with Crippen molar-refractivity contribution in [3.05, 3.63) is 48.5 Å². The molecule has 19 heavy (non-hydrogen) atoms. The van der Waals surface area contributed by atoms with Crippen LogP contribution in [0.5, 0.6) is 11.5 Å². The molecule has 2 N–H and O–H groups in total. The maximum atomic E-state index is 5.78. The Kier molecular flexibility index (Phi) is 4.81. The van der Waals surface area contributed by atoms with E-state index in [0.29, 0.717) is 13.2 Å². The molecule has 2 aromatic rings. The van der Waals surface area contributed by atoms with Crippen molar-refractivity contribution < 1.29 is 9.47 Å². The number of benzene rings is 2. The summed E-state index contributed by atoms with van der Waals surface area (Å²) in [5, 5.41) is 0. The third-order valence-corrected chi connectivity index (χ3v) is 2.87. The number of para-hydroxylation sites is 1. The van der Waals surface area contributed by atoms with Crippen molar-refractivity contribution in [1.82, 2.24) is 0 Å². The van der Waals surface area contributed by atoms with Crippen LogP contribution in [0.15, 0.2) is 48.5 Å². The molecule has 0 fully saturated rings. The van der Waals surface area contributed by atoms with Crippen LogP contribution in [0.25, 0.3) is 11.1 Å². The highest BCUT2D eigenvalue weighted by atomic mass is 16.5. The van der Waals surface area contributed by atoms with E-state index >= 15 is 0 Å². The monoisotopic (exact) mass is 257 g/mol. The summed E-state index contributed by atoms with van der Waals surface area (Å²) in [6.07, 6.45) is 0.854. The van der Waals surface area contributed by atoms with Crippen molar-refractivity contribution in [2.45, 2.75) is 6.42 Å². The first-order chi connectivity index (χ1) is 9.35. The minimum atomic E-state index is 0.636. The third-order valence-electron chi connectivity index (χ3n) is 2.87. The number of hydrogen-bond acceptors (Lipinski definition) is 3. The Hall–Kier alpha value is -2.00. The van der Waals surface area contributed by atoms with Crippen LogP contribution in [0.4, 0.5) is 0 Å². The molecule has 0 aliphatic heterocycles. The molecule has 0 aromatic heterocycles. The molecule has 0 unspecified atom stereocenters. The molecule has 0 aliphatic rings. The molecule has 0 heterocycles. The molecule has 0 saturated heterocycles. The average molecular weight is 257 g/mol. The molecule has 0 amide bonds. The minimum absolute atomic E-state index is 0.636. The predicted octanol–water partition coefficient (Wildman–Crippen LogP) is 3.09. The van der Waals surface area contributed by atoms with Crippen molar-refractivity contribution >= 4 is 0 Å². The fourth-order valence-electron chi connectivity index (χ4n) is 1.89. The van der Waals surface area contributed by atoms with E-state index in [0.717, 1.165) is 29.0 Å². The molecule has 0 saturated carbocycles. The zero-order valence-electron chi connectivity index (χ0n) is 11.1. The van der Waals surface area contributed by atoms with Crippen LogP contribution in [-0.4, -0.2) is 20.3 Å².